The normalized spacial score (nSPS) is 19.5. The molecule has 0 bridgehead atoms. The molecule has 0 aliphatic carbocycles. The Morgan fingerprint density at radius 1 is 1.53 bits per heavy atom. The number of halogens is 1. The third kappa shape index (κ3) is 3.13. The van der Waals surface area contributed by atoms with Gasteiger partial charge in [-0.05, 0) is 49.9 Å². The van der Waals surface area contributed by atoms with E-state index < -0.39 is 0 Å². The van der Waals surface area contributed by atoms with Crippen LogP contribution in [0.3, 0.4) is 0 Å². The van der Waals surface area contributed by atoms with Crippen LogP contribution in [0.15, 0.2) is 18.2 Å². The summed E-state index contributed by atoms with van der Waals surface area (Å²) in [5, 5.41) is 0. The van der Waals surface area contributed by atoms with Crippen molar-refractivity contribution in [3.63, 3.8) is 0 Å². The first-order valence-electron chi connectivity index (χ1n) is 6.08. The fraction of sp³-hybridized carbons (Fsp3) is 0.500. The highest BCUT2D eigenvalue weighted by molar-refractivity contribution is 5.96. The molecule has 1 aromatic rings. The summed E-state index contributed by atoms with van der Waals surface area (Å²) in [5.41, 5.74) is 1.12. The molecule has 0 N–H and O–H groups in total. The Kier molecular flexibility index (Phi) is 3.89. The van der Waals surface area contributed by atoms with Gasteiger partial charge in [-0.15, -0.1) is 0 Å². The molecule has 17 heavy (non-hydrogen) atoms. The second-order valence-corrected chi connectivity index (χ2v) is 4.56. The van der Waals surface area contributed by atoms with Crippen LogP contribution in [0, 0.1) is 12.7 Å². The van der Waals surface area contributed by atoms with Gasteiger partial charge < -0.3 is 4.74 Å². The van der Waals surface area contributed by atoms with Gasteiger partial charge in [-0.1, -0.05) is 0 Å². The van der Waals surface area contributed by atoms with Gasteiger partial charge in [-0.2, -0.15) is 0 Å². The highest BCUT2D eigenvalue weighted by atomic mass is 19.1. The number of hydrogen-bond acceptors (Lipinski definition) is 2. The van der Waals surface area contributed by atoms with Gasteiger partial charge >= 0.3 is 0 Å². The summed E-state index contributed by atoms with van der Waals surface area (Å²) >= 11 is 0. The standard InChI is InChI=1S/C14H17FO2/c1-10-9-11(4-6-13(10)15)14(16)7-5-12-3-2-8-17-12/h4,6,9,12H,2-3,5,7-8H2,1H3. The first-order valence-corrected chi connectivity index (χ1v) is 6.08. The SMILES string of the molecule is Cc1cc(C(=O)CCC2CCCO2)ccc1F. The topological polar surface area (TPSA) is 26.3 Å². The second kappa shape index (κ2) is 5.41. The van der Waals surface area contributed by atoms with E-state index in [1.807, 2.05) is 0 Å². The molecule has 2 rings (SSSR count). The summed E-state index contributed by atoms with van der Waals surface area (Å²) in [4.78, 5) is 11.9. The van der Waals surface area contributed by atoms with Gasteiger partial charge in [-0.25, -0.2) is 4.39 Å². The smallest absolute Gasteiger partial charge is 0.162 e. The molecule has 0 saturated carbocycles. The summed E-state index contributed by atoms with van der Waals surface area (Å²) in [5.74, 6) is -0.190. The Balaban J connectivity index is 1.92. The molecule has 3 heteroatoms. The van der Waals surface area contributed by atoms with Crippen LogP contribution in [-0.4, -0.2) is 18.5 Å². The molecule has 2 nitrogen and oxygen atoms in total. The second-order valence-electron chi connectivity index (χ2n) is 4.56. The maximum Gasteiger partial charge on any atom is 0.162 e. The van der Waals surface area contributed by atoms with Gasteiger partial charge in [0.1, 0.15) is 5.82 Å². The predicted molar refractivity (Wildman–Crippen MR) is 63.7 cm³/mol. The Labute approximate surface area is 101 Å². The summed E-state index contributed by atoms with van der Waals surface area (Å²) in [7, 11) is 0. The number of benzene rings is 1. The van der Waals surface area contributed by atoms with Gasteiger partial charge in [0, 0.05) is 18.6 Å². The van der Waals surface area contributed by atoms with Crippen molar-refractivity contribution in [2.75, 3.05) is 6.61 Å². The van der Waals surface area contributed by atoms with Gasteiger partial charge in [0.05, 0.1) is 6.10 Å². The molecule has 0 spiro atoms. The molecule has 92 valence electrons. The third-order valence-electron chi connectivity index (χ3n) is 3.20. The average Bonchev–Trinajstić information content (AvgIpc) is 2.82. The summed E-state index contributed by atoms with van der Waals surface area (Å²) < 4.78 is 18.5. The maximum absolute atomic E-state index is 13.1. The summed E-state index contributed by atoms with van der Waals surface area (Å²) in [6.07, 6.45) is 3.63. The van der Waals surface area contributed by atoms with Crippen molar-refractivity contribution in [3.8, 4) is 0 Å². The fourth-order valence-electron chi connectivity index (χ4n) is 2.13. The third-order valence-corrected chi connectivity index (χ3v) is 3.20. The first-order chi connectivity index (χ1) is 8.16. The summed E-state index contributed by atoms with van der Waals surface area (Å²) in [6, 6.07) is 4.53. The van der Waals surface area contributed by atoms with E-state index in [1.54, 1.807) is 19.1 Å². The van der Waals surface area contributed by atoms with E-state index in [9.17, 15) is 9.18 Å². The molecule has 0 amide bonds. The Morgan fingerprint density at radius 3 is 3.00 bits per heavy atom. The molecule has 1 aliphatic rings. The van der Waals surface area contributed by atoms with E-state index in [0.29, 0.717) is 17.5 Å². The number of hydrogen-bond donors (Lipinski definition) is 0. The van der Waals surface area contributed by atoms with Crippen molar-refractivity contribution < 1.29 is 13.9 Å². The molecule has 1 fully saturated rings. The first kappa shape index (κ1) is 12.2. The van der Waals surface area contributed by atoms with Crippen molar-refractivity contribution in [1.82, 2.24) is 0 Å². The number of carbonyl (C=O) groups excluding carboxylic acids is 1. The molecular formula is C14H17FO2. The van der Waals surface area contributed by atoms with E-state index in [1.165, 1.54) is 6.07 Å². The van der Waals surface area contributed by atoms with Crippen molar-refractivity contribution in [2.45, 2.75) is 38.7 Å². The van der Waals surface area contributed by atoms with E-state index in [-0.39, 0.29) is 17.7 Å². The molecule has 1 atom stereocenters. The van der Waals surface area contributed by atoms with Gasteiger partial charge in [-0.3, -0.25) is 4.79 Å². The average molecular weight is 236 g/mol. The van der Waals surface area contributed by atoms with Gasteiger partial charge in [0.2, 0.25) is 0 Å². The van der Waals surface area contributed by atoms with E-state index in [4.69, 9.17) is 4.74 Å². The van der Waals surface area contributed by atoms with Crippen LogP contribution in [0.5, 0.6) is 0 Å². The van der Waals surface area contributed by atoms with Crippen LogP contribution in [0.25, 0.3) is 0 Å². The largest absolute Gasteiger partial charge is 0.378 e. The number of carbonyl (C=O) groups is 1. The zero-order valence-electron chi connectivity index (χ0n) is 10.0. The van der Waals surface area contributed by atoms with Crippen LogP contribution < -0.4 is 0 Å². The van der Waals surface area contributed by atoms with Crippen molar-refractivity contribution in [3.05, 3.63) is 35.1 Å². The monoisotopic (exact) mass is 236 g/mol. The summed E-state index contributed by atoms with van der Waals surface area (Å²) in [6.45, 7) is 2.49. The molecule has 0 aromatic heterocycles. The zero-order valence-corrected chi connectivity index (χ0v) is 10.0. The van der Waals surface area contributed by atoms with E-state index in [0.717, 1.165) is 25.9 Å². The van der Waals surface area contributed by atoms with Gasteiger partial charge in [0.15, 0.2) is 5.78 Å². The lowest BCUT2D eigenvalue weighted by molar-refractivity contribution is 0.0859. The minimum atomic E-state index is -0.263. The van der Waals surface area contributed by atoms with Crippen LogP contribution in [0.2, 0.25) is 0 Å². The fourth-order valence-corrected chi connectivity index (χ4v) is 2.13. The van der Waals surface area contributed by atoms with Crippen molar-refractivity contribution >= 4 is 5.78 Å². The Bertz CT molecular complexity index is 409. The Morgan fingerprint density at radius 2 is 2.35 bits per heavy atom. The van der Waals surface area contributed by atoms with Crippen LogP contribution in [0.1, 0.15) is 41.6 Å². The van der Waals surface area contributed by atoms with Crippen molar-refractivity contribution in [1.29, 1.82) is 0 Å². The molecule has 0 radical (unpaired) electrons. The lowest BCUT2D eigenvalue weighted by atomic mass is 10.0. The number of Topliss-reactive ketones (excluding diaryl/α,β-unsaturated/α-hetero) is 1. The van der Waals surface area contributed by atoms with E-state index >= 15 is 0 Å². The number of ketones is 1. The lowest BCUT2D eigenvalue weighted by Gasteiger charge is -2.08. The zero-order chi connectivity index (χ0) is 12.3. The van der Waals surface area contributed by atoms with Crippen LogP contribution >= 0.6 is 0 Å². The molecule has 1 aromatic carbocycles. The molecule has 1 aliphatic heterocycles. The highest BCUT2D eigenvalue weighted by Gasteiger charge is 2.17. The Hall–Kier alpha value is -1.22. The van der Waals surface area contributed by atoms with Gasteiger partial charge in [0.25, 0.3) is 0 Å². The highest BCUT2D eigenvalue weighted by Crippen LogP contribution is 2.19. The lowest BCUT2D eigenvalue weighted by Crippen LogP contribution is -2.09. The molecule has 1 saturated heterocycles. The predicted octanol–water partition coefficient (Wildman–Crippen LogP) is 3.28. The van der Waals surface area contributed by atoms with Crippen LogP contribution in [-0.2, 0) is 4.74 Å². The number of ether oxygens (including phenoxy) is 1. The molecule has 1 unspecified atom stereocenters. The van der Waals surface area contributed by atoms with Crippen molar-refractivity contribution in [2.24, 2.45) is 0 Å². The number of aryl methyl sites for hydroxylation is 1. The minimum absolute atomic E-state index is 0.0728. The van der Waals surface area contributed by atoms with Crippen LogP contribution in [0.4, 0.5) is 4.39 Å². The minimum Gasteiger partial charge on any atom is -0.378 e. The molecular weight excluding hydrogens is 219 g/mol. The van der Waals surface area contributed by atoms with E-state index in [2.05, 4.69) is 0 Å². The maximum atomic E-state index is 13.1. The number of rotatable bonds is 4. The quantitative estimate of drug-likeness (QED) is 0.750. The molecule has 1 heterocycles.